The number of carbonyl (C=O) groups is 3. The van der Waals surface area contributed by atoms with Crippen molar-refractivity contribution in [3.8, 4) is 5.75 Å². The van der Waals surface area contributed by atoms with E-state index in [-0.39, 0.29) is 30.5 Å². The van der Waals surface area contributed by atoms with Gasteiger partial charge in [-0.1, -0.05) is 41.4 Å². The Morgan fingerprint density at radius 3 is 2.62 bits per heavy atom. The summed E-state index contributed by atoms with van der Waals surface area (Å²) in [5.41, 5.74) is 4.34. The van der Waals surface area contributed by atoms with Crippen LogP contribution in [0, 0.1) is 6.92 Å². The Bertz CT molecular complexity index is 1840. The second kappa shape index (κ2) is 15.9. The van der Waals surface area contributed by atoms with Crippen LogP contribution in [0.5, 0.6) is 5.75 Å². The second-order valence-corrected chi connectivity index (χ2v) is 11.7. The molecule has 1 N–H and O–H groups in total. The third kappa shape index (κ3) is 8.22. The van der Waals surface area contributed by atoms with Crippen LogP contribution in [0.4, 0.5) is 11.4 Å². The number of nitrogens with one attached hydrogen (secondary N) is 1. The highest BCUT2D eigenvalue weighted by molar-refractivity contribution is 6.38. The van der Waals surface area contributed by atoms with Crippen molar-refractivity contribution in [1.82, 2.24) is 15.3 Å². The van der Waals surface area contributed by atoms with E-state index in [1.54, 1.807) is 32.2 Å². The van der Waals surface area contributed by atoms with Gasteiger partial charge in [-0.2, -0.15) is 0 Å². The van der Waals surface area contributed by atoms with Crippen LogP contribution in [-0.4, -0.2) is 74.3 Å². The molecule has 1 saturated heterocycles. The van der Waals surface area contributed by atoms with Crippen molar-refractivity contribution >= 4 is 69.3 Å². The first-order valence-corrected chi connectivity index (χ1v) is 16.1. The van der Waals surface area contributed by atoms with Crippen LogP contribution >= 0.6 is 23.2 Å². The first-order valence-electron chi connectivity index (χ1n) is 15.3. The molecule has 0 aliphatic carbocycles. The number of halogens is 2. The number of aromatic nitrogens is 2. The highest BCUT2D eigenvalue weighted by atomic mass is 35.5. The lowest BCUT2D eigenvalue weighted by Crippen LogP contribution is -2.37. The van der Waals surface area contributed by atoms with Crippen LogP contribution in [-0.2, 0) is 25.7 Å². The van der Waals surface area contributed by atoms with Crippen LogP contribution in [0.15, 0.2) is 60.8 Å². The fourth-order valence-electron chi connectivity index (χ4n) is 5.11. The molecule has 5 rings (SSSR count). The number of aryl methyl sites for hydroxylation is 1. The summed E-state index contributed by atoms with van der Waals surface area (Å²) < 4.78 is 16.7. The number of hydrogen-bond acceptors (Lipinski definition) is 9. The van der Waals surface area contributed by atoms with Gasteiger partial charge in [0.1, 0.15) is 23.6 Å². The molecule has 2 amide bonds. The molecule has 0 atom stereocenters. The number of ether oxygens (including phenoxy) is 3. The molecule has 0 unspecified atom stereocenters. The second-order valence-electron chi connectivity index (χ2n) is 10.9. The number of anilines is 2. The monoisotopic (exact) mass is 691 g/mol. The van der Waals surface area contributed by atoms with E-state index in [4.69, 9.17) is 42.4 Å². The van der Waals surface area contributed by atoms with Crippen molar-refractivity contribution in [3.05, 3.63) is 93.4 Å². The lowest BCUT2D eigenvalue weighted by atomic mass is 10.1. The van der Waals surface area contributed by atoms with E-state index in [0.717, 1.165) is 35.4 Å². The first-order chi connectivity index (χ1) is 23.2. The minimum Gasteiger partial charge on any atom is -0.487 e. The predicted octanol–water partition coefficient (Wildman–Crippen LogP) is 5.63. The zero-order valence-electron chi connectivity index (χ0n) is 26.8. The fourth-order valence-corrected chi connectivity index (χ4v) is 5.72. The van der Waals surface area contributed by atoms with Gasteiger partial charge >= 0.3 is 5.97 Å². The lowest BCUT2D eigenvalue weighted by Gasteiger charge is -2.30. The molecule has 13 heteroatoms. The maximum Gasteiger partial charge on any atom is 0.356 e. The molecule has 2 aromatic heterocycles. The van der Waals surface area contributed by atoms with Crippen molar-refractivity contribution in [3.63, 3.8) is 0 Å². The Labute approximate surface area is 288 Å². The summed E-state index contributed by atoms with van der Waals surface area (Å²) in [4.78, 5) is 49.7. The summed E-state index contributed by atoms with van der Waals surface area (Å²) in [6, 6.07) is 14.3. The Kier molecular flexibility index (Phi) is 11.5. The van der Waals surface area contributed by atoms with Crippen molar-refractivity contribution in [2.45, 2.75) is 20.5 Å². The van der Waals surface area contributed by atoms with Gasteiger partial charge in [0, 0.05) is 59.8 Å². The normalized spacial score (nSPS) is 13.1. The van der Waals surface area contributed by atoms with Crippen molar-refractivity contribution in [2.75, 3.05) is 56.3 Å². The Morgan fingerprint density at radius 1 is 1.10 bits per heavy atom. The Morgan fingerprint density at radius 2 is 1.90 bits per heavy atom. The van der Waals surface area contributed by atoms with Crippen LogP contribution in [0.1, 0.15) is 34.2 Å². The van der Waals surface area contributed by atoms with Crippen LogP contribution in [0.3, 0.4) is 0 Å². The fraction of sp³-hybridized carbons (Fsp3) is 0.286. The van der Waals surface area contributed by atoms with E-state index in [1.165, 1.54) is 29.3 Å². The molecule has 2 aromatic carbocycles. The van der Waals surface area contributed by atoms with E-state index in [0.29, 0.717) is 40.8 Å². The molecule has 250 valence electrons. The smallest absolute Gasteiger partial charge is 0.356 e. The van der Waals surface area contributed by atoms with Crippen LogP contribution < -0.4 is 19.9 Å². The molecule has 4 aromatic rings. The van der Waals surface area contributed by atoms with Gasteiger partial charge in [-0.05, 0) is 55.8 Å². The maximum atomic E-state index is 13.0. The molecule has 1 aliphatic rings. The Balaban J connectivity index is 1.23. The highest BCUT2D eigenvalue weighted by Crippen LogP contribution is 2.37. The number of esters is 1. The third-order valence-corrected chi connectivity index (χ3v) is 8.42. The summed E-state index contributed by atoms with van der Waals surface area (Å²) in [6.07, 6.45) is 4.23. The quantitative estimate of drug-likeness (QED) is 0.157. The summed E-state index contributed by atoms with van der Waals surface area (Å²) in [7, 11) is 1.56. The number of carbonyl (C=O) groups excluding carboxylic acids is 3. The van der Waals surface area contributed by atoms with Crippen molar-refractivity contribution < 1.29 is 28.6 Å². The molecule has 0 saturated carbocycles. The van der Waals surface area contributed by atoms with E-state index in [9.17, 15) is 14.4 Å². The van der Waals surface area contributed by atoms with E-state index < -0.39 is 17.8 Å². The average molecular weight is 693 g/mol. The van der Waals surface area contributed by atoms with E-state index in [2.05, 4.69) is 21.3 Å². The maximum absolute atomic E-state index is 13.0. The average Bonchev–Trinajstić information content (AvgIpc) is 3.09. The van der Waals surface area contributed by atoms with E-state index in [1.807, 2.05) is 25.1 Å². The lowest BCUT2D eigenvalue weighted by molar-refractivity contribution is -0.122. The third-order valence-electron chi connectivity index (χ3n) is 7.65. The predicted molar refractivity (Wildman–Crippen MR) is 186 cm³/mol. The van der Waals surface area contributed by atoms with Gasteiger partial charge in [0.05, 0.1) is 37.1 Å². The van der Waals surface area contributed by atoms with Gasteiger partial charge in [0.25, 0.3) is 0 Å². The number of likely N-dealkylation sites (N-methyl/N-ethyl adjacent to an activating group) is 1. The number of rotatable bonds is 11. The molecule has 0 bridgehead atoms. The molecular formula is C35H35Cl2N5O6. The number of nitrogens with zero attached hydrogens (tertiary/aromatic N) is 4. The number of para-hydroxylation sites is 1. The zero-order valence-corrected chi connectivity index (χ0v) is 28.3. The molecule has 48 heavy (non-hydrogen) atoms. The highest BCUT2D eigenvalue weighted by Gasteiger charge is 2.21. The number of pyridine rings is 2. The summed E-state index contributed by atoms with van der Waals surface area (Å²) in [5.74, 6) is -0.839. The van der Waals surface area contributed by atoms with Gasteiger partial charge in [-0.3, -0.25) is 9.59 Å². The number of benzene rings is 2. The summed E-state index contributed by atoms with van der Waals surface area (Å²) in [6.45, 7) is 6.58. The molecule has 11 nitrogen and oxygen atoms in total. The Hall–Kier alpha value is -4.71. The zero-order chi connectivity index (χ0) is 34.2. The molecule has 1 aliphatic heterocycles. The molecular weight excluding hydrogens is 657 g/mol. The van der Waals surface area contributed by atoms with Gasteiger partial charge in [-0.25, -0.2) is 14.8 Å². The van der Waals surface area contributed by atoms with E-state index >= 15 is 0 Å². The number of hydrogen-bond donors (Lipinski definition) is 1. The first kappa shape index (κ1) is 34.6. The SMILES string of the molecule is CCOC(=O)c1ccc(C=CC(=O)NCC(=O)N(C)c2ccc(Cl)c(COc3cccc4c(N5CCOCC5)cc(C)nc34)c2Cl)cn1. The molecule has 0 spiro atoms. The van der Waals surface area contributed by atoms with Gasteiger partial charge in [-0.15, -0.1) is 0 Å². The van der Waals surface area contributed by atoms with Crippen molar-refractivity contribution in [1.29, 1.82) is 0 Å². The number of morpholine rings is 1. The van der Waals surface area contributed by atoms with Crippen LogP contribution in [0.25, 0.3) is 17.0 Å². The number of fused-ring (bicyclic) bond motifs is 1. The standard InChI is InChI=1S/C35H35Cl2N5O6/c1-4-47-35(45)27-11-8-23(19-38-27)9-13-31(43)39-20-32(44)41(3)28-12-10-26(36)25(33(28)37)21-48-30-7-5-6-24-29(18-22(2)40-34(24)30)42-14-16-46-17-15-42/h5-13,18-19H,4,14-17,20-21H2,1-3H3,(H,39,43). The summed E-state index contributed by atoms with van der Waals surface area (Å²) in [5, 5.41) is 4.17. The largest absolute Gasteiger partial charge is 0.487 e. The van der Waals surface area contributed by atoms with Crippen LogP contribution in [0.2, 0.25) is 10.0 Å². The summed E-state index contributed by atoms with van der Waals surface area (Å²) >= 11 is 13.3. The van der Waals surface area contributed by atoms with Gasteiger partial charge in [0.2, 0.25) is 11.8 Å². The minimum absolute atomic E-state index is 0.0340. The molecule has 0 radical (unpaired) electrons. The molecule has 3 heterocycles. The number of amides is 2. The minimum atomic E-state index is -0.524. The topological polar surface area (TPSA) is 123 Å². The van der Waals surface area contributed by atoms with Gasteiger partial charge < -0.3 is 29.3 Å². The van der Waals surface area contributed by atoms with Gasteiger partial charge in [0.15, 0.2) is 0 Å². The molecule has 1 fully saturated rings. The van der Waals surface area contributed by atoms with Crippen molar-refractivity contribution in [2.24, 2.45) is 0 Å².